The number of hydrogen-bond donors (Lipinski definition) is 1. The summed E-state index contributed by atoms with van der Waals surface area (Å²) in [7, 11) is 0. The Balaban J connectivity index is 1.86. The van der Waals surface area contributed by atoms with Crippen molar-refractivity contribution in [2.24, 2.45) is 0 Å². The van der Waals surface area contributed by atoms with E-state index in [0.717, 1.165) is 16.9 Å². The molecule has 0 aliphatic rings. The molecule has 0 fully saturated rings. The van der Waals surface area contributed by atoms with Crippen molar-refractivity contribution in [3.8, 4) is 5.75 Å². The minimum atomic E-state index is -0.505. The van der Waals surface area contributed by atoms with E-state index in [2.05, 4.69) is 10.3 Å². The van der Waals surface area contributed by atoms with Crippen molar-refractivity contribution in [1.82, 2.24) is 10.3 Å². The maximum atomic E-state index is 11.6. The van der Waals surface area contributed by atoms with Gasteiger partial charge in [0.2, 0.25) is 0 Å². The second-order valence-electron chi connectivity index (χ2n) is 6.43. The number of pyridine rings is 1. The molecule has 1 heterocycles. The van der Waals surface area contributed by atoms with E-state index in [4.69, 9.17) is 9.47 Å². The van der Waals surface area contributed by atoms with Gasteiger partial charge in [0, 0.05) is 18.0 Å². The number of hydrogen-bond acceptors (Lipinski definition) is 4. The summed E-state index contributed by atoms with van der Waals surface area (Å²) in [6.07, 6.45) is 7.06. The molecule has 1 aromatic carbocycles. The van der Waals surface area contributed by atoms with E-state index in [1.807, 2.05) is 69.3 Å². The van der Waals surface area contributed by atoms with Crippen LogP contribution < -0.4 is 10.1 Å². The van der Waals surface area contributed by atoms with E-state index < -0.39 is 11.7 Å². The zero-order valence-corrected chi connectivity index (χ0v) is 14.9. The SMILES string of the molecule is CC(C)(C)OC(=O)NCCOc1ccccc1/C=C/c1ccncc1. The number of alkyl carbamates (subject to hydrolysis) is 1. The highest BCUT2D eigenvalue weighted by Gasteiger charge is 2.15. The zero-order valence-electron chi connectivity index (χ0n) is 14.9. The second-order valence-corrected chi connectivity index (χ2v) is 6.43. The Morgan fingerprint density at radius 3 is 2.56 bits per heavy atom. The average molecular weight is 340 g/mol. The van der Waals surface area contributed by atoms with Crippen LogP contribution in [0, 0.1) is 0 Å². The van der Waals surface area contributed by atoms with Gasteiger partial charge < -0.3 is 14.8 Å². The lowest BCUT2D eigenvalue weighted by Crippen LogP contribution is -2.34. The average Bonchev–Trinajstić information content (AvgIpc) is 2.57. The lowest BCUT2D eigenvalue weighted by Gasteiger charge is -2.19. The third-order valence-corrected chi connectivity index (χ3v) is 3.11. The van der Waals surface area contributed by atoms with Crippen LogP contribution in [-0.4, -0.2) is 29.8 Å². The van der Waals surface area contributed by atoms with Crippen molar-refractivity contribution in [3.63, 3.8) is 0 Å². The molecule has 0 spiro atoms. The predicted molar refractivity (Wildman–Crippen MR) is 99.3 cm³/mol. The van der Waals surface area contributed by atoms with Crippen molar-refractivity contribution in [2.75, 3.05) is 13.2 Å². The van der Waals surface area contributed by atoms with Gasteiger partial charge in [-0.2, -0.15) is 0 Å². The Morgan fingerprint density at radius 1 is 1.12 bits per heavy atom. The molecular formula is C20H24N2O3. The molecule has 0 aliphatic heterocycles. The quantitative estimate of drug-likeness (QED) is 0.802. The Labute approximate surface area is 148 Å². The van der Waals surface area contributed by atoms with Crippen molar-refractivity contribution in [1.29, 1.82) is 0 Å². The summed E-state index contributed by atoms with van der Waals surface area (Å²) in [5.41, 5.74) is 1.53. The van der Waals surface area contributed by atoms with Crippen LogP contribution in [-0.2, 0) is 4.74 Å². The highest BCUT2D eigenvalue weighted by Crippen LogP contribution is 2.20. The number of benzene rings is 1. The molecule has 5 heteroatoms. The molecule has 0 bridgehead atoms. The van der Waals surface area contributed by atoms with Crippen LogP contribution in [0.5, 0.6) is 5.75 Å². The minimum absolute atomic E-state index is 0.360. The largest absolute Gasteiger partial charge is 0.491 e. The molecule has 0 atom stereocenters. The standard InChI is InChI=1S/C20H24N2O3/c1-20(2,3)25-19(23)22-14-15-24-18-7-5-4-6-17(18)9-8-16-10-12-21-13-11-16/h4-13H,14-15H2,1-3H3,(H,22,23)/b9-8+. The molecule has 2 rings (SSSR count). The van der Waals surface area contributed by atoms with E-state index in [0.29, 0.717) is 13.2 Å². The molecule has 5 nitrogen and oxygen atoms in total. The summed E-state index contributed by atoms with van der Waals surface area (Å²) in [4.78, 5) is 15.6. The van der Waals surface area contributed by atoms with Gasteiger partial charge in [0.1, 0.15) is 18.0 Å². The number of rotatable bonds is 6. The van der Waals surface area contributed by atoms with Gasteiger partial charge in [-0.15, -0.1) is 0 Å². The molecule has 0 radical (unpaired) electrons. The molecule has 0 unspecified atom stereocenters. The second kappa shape index (κ2) is 8.87. The van der Waals surface area contributed by atoms with Crippen LogP contribution in [0.4, 0.5) is 4.79 Å². The molecule has 132 valence electrons. The van der Waals surface area contributed by atoms with Gasteiger partial charge in [0.25, 0.3) is 0 Å². The van der Waals surface area contributed by atoms with Gasteiger partial charge in [-0.1, -0.05) is 30.4 Å². The molecule has 1 aromatic heterocycles. The maximum absolute atomic E-state index is 11.6. The summed E-state index contributed by atoms with van der Waals surface area (Å²) < 4.78 is 11.0. The third kappa shape index (κ3) is 7.08. The topological polar surface area (TPSA) is 60.5 Å². The highest BCUT2D eigenvalue weighted by atomic mass is 16.6. The molecule has 1 N–H and O–H groups in total. The molecular weight excluding hydrogens is 316 g/mol. The van der Waals surface area contributed by atoms with Crippen molar-refractivity contribution in [2.45, 2.75) is 26.4 Å². The normalized spacial score (nSPS) is 11.3. The fourth-order valence-electron chi connectivity index (χ4n) is 2.04. The lowest BCUT2D eigenvalue weighted by atomic mass is 10.1. The predicted octanol–water partition coefficient (Wildman–Crippen LogP) is 4.16. The number of para-hydroxylation sites is 1. The number of ether oxygens (including phenoxy) is 2. The van der Waals surface area contributed by atoms with Crippen LogP contribution in [0.3, 0.4) is 0 Å². The monoisotopic (exact) mass is 340 g/mol. The van der Waals surface area contributed by atoms with Crippen molar-refractivity contribution >= 4 is 18.2 Å². The molecule has 2 aromatic rings. The zero-order chi connectivity index (χ0) is 18.1. The Hall–Kier alpha value is -2.82. The van der Waals surface area contributed by atoms with E-state index in [1.165, 1.54) is 0 Å². The molecule has 1 amide bonds. The number of aromatic nitrogens is 1. The molecule has 25 heavy (non-hydrogen) atoms. The van der Waals surface area contributed by atoms with Crippen molar-refractivity contribution < 1.29 is 14.3 Å². The minimum Gasteiger partial charge on any atom is -0.491 e. The van der Waals surface area contributed by atoms with Crippen LogP contribution in [0.25, 0.3) is 12.2 Å². The van der Waals surface area contributed by atoms with Gasteiger partial charge in [-0.3, -0.25) is 4.98 Å². The van der Waals surface area contributed by atoms with E-state index in [-0.39, 0.29) is 0 Å². The summed E-state index contributed by atoms with van der Waals surface area (Å²) in [5, 5.41) is 2.68. The lowest BCUT2D eigenvalue weighted by molar-refractivity contribution is 0.0520. The number of carbonyl (C=O) groups is 1. The summed E-state index contributed by atoms with van der Waals surface area (Å²) >= 11 is 0. The highest BCUT2D eigenvalue weighted by molar-refractivity contribution is 5.72. The first-order chi connectivity index (χ1) is 11.9. The van der Waals surface area contributed by atoms with Gasteiger partial charge >= 0.3 is 6.09 Å². The van der Waals surface area contributed by atoms with Gasteiger partial charge in [-0.05, 0) is 44.5 Å². The third-order valence-electron chi connectivity index (χ3n) is 3.11. The van der Waals surface area contributed by atoms with E-state index in [9.17, 15) is 4.79 Å². The fourth-order valence-corrected chi connectivity index (χ4v) is 2.04. The smallest absolute Gasteiger partial charge is 0.407 e. The van der Waals surface area contributed by atoms with Crippen molar-refractivity contribution in [3.05, 3.63) is 59.9 Å². The van der Waals surface area contributed by atoms with Gasteiger partial charge in [0.05, 0.1) is 6.54 Å². The first-order valence-electron chi connectivity index (χ1n) is 8.21. The first-order valence-corrected chi connectivity index (χ1v) is 8.21. The summed E-state index contributed by atoms with van der Waals surface area (Å²) in [6, 6.07) is 11.6. The van der Waals surface area contributed by atoms with Crippen LogP contribution in [0.2, 0.25) is 0 Å². The first kappa shape index (κ1) is 18.5. The Bertz CT molecular complexity index is 706. The molecule has 0 saturated carbocycles. The number of carbonyl (C=O) groups excluding carboxylic acids is 1. The van der Waals surface area contributed by atoms with Crippen LogP contribution in [0.15, 0.2) is 48.8 Å². The Kier molecular flexibility index (Phi) is 6.57. The maximum Gasteiger partial charge on any atom is 0.407 e. The number of nitrogens with zero attached hydrogens (tertiary/aromatic N) is 1. The number of amides is 1. The van der Waals surface area contributed by atoms with Crippen LogP contribution in [0.1, 0.15) is 31.9 Å². The molecule has 0 aliphatic carbocycles. The van der Waals surface area contributed by atoms with E-state index in [1.54, 1.807) is 12.4 Å². The summed E-state index contributed by atoms with van der Waals surface area (Å²) in [5.74, 6) is 0.763. The summed E-state index contributed by atoms with van der Waals surface area (Å²) in [6.45, 7) is 6.22. The van der Waals surface area contributed by atoms with E-state index >= 15 is 0 Å². The Morgan fingerprint density at radius 2 is 1.84 bits per heavy atom. The molecule has 0 saturated heterocycles. The van der Waals surface area contributed by atoms with Gasteiger partial charge in [0.15, 0.2) is 0 Å². The van der Waals surface area contributed by atoms with Gasteiger partial charge in [-0.25, -0.2) is 4.79 Å². The number of nitrogens with one attached hydrogen (secondary N) is 1. The fraction of sp³-hybridized carbons (Fsp3) is 0.300. The van der Waals surface area contributed by atoms with Crippen LogP contribution >= 0.6 is 0 Å².